The summed E-state index contributed by atoms with van der Waals surface area (Å²) in [6, 6.07) is 5.99. The lowest BCUT2D eigenvalue weighted by Gasteiger charge is -2.05. The average molecular weight is 282 g/mol. The molecule has 0 spiro atoms. The van der Waals surface area contributed by atoms with Crippen LogP contribution in [0, 0.1) is 27.7 Å². The summed E-state index contributed by atoms with van der Waals surface area (Å²) in [5, 5.41) is 5.16. The maximum Gasteiger partial charge on any atom is 0.274 e. The summed E-state index contributed by atoms with van der Waals surface area (Å²) in [6.07, 6.45) is 0. The van der Waals surface area contributed by atoms with Gasteiger partial charge in [0, 0.05) is 18.0 Å². The highest BCUT2D eigenvalue weighted by atomic mass is 16.3. The summed E-state index contributed by atoms with van der Waals surface area (Å²) >= 11 is 0. The van der Waals surface area contributed by atoms with E-state index in [0.717, 1.165) is 39.1 Å². The van der Waals surface area contributed by atoms with Crippen LogP contribution >= 0.6 is 0 Å². The van der Waals surface area contributed by atoms with Crippen LogP contribution in [0.4, 0.5) is 0 Å². The van der Waals surface area contributed by atoms with E-state index in [1.165, 1.54) is 4.68 Å². The van der Waals surface area contributed by atoms with Crippen molar-refractivity contribution in [3.63, 3.8) is 0 Å². The number of aromatic nitrogens is 2. The molecule has 0 saturated carbocycles. The molecular formula is C17H18N2O2. The number of benzene rings is 1. The second-order valence-electron chi connectivity index (χ2n) is 5.62. The first-order chi connectivity index (χ1) is 9.88. The molecule has 1 aromatic carbocycles. The maximum atomic E-state index is 12.4. The third kappa shape index (κ3) is 2.07. The predicted molar refractivity (Wildman–Crippen MR) is 83.6 cm³/mol. The van der Waals surface area contributed by atoms with Crippen LogP contribution < -0.4 is 5.56 Å². The molecule has 3 rings (SSSR count). The van der Waals surface area contributed by atoms with Crippen molar-refractivity contribution in [3.8, 4) is 11.1 Å². The summed E-state index contributed by atoms with van der Waals surface area (Å²) < 4.78 is 7.29. The first kappa shape index (κ1) is 13.6. The van der Waals surface area contributed by atoms with Gasteiger partial charge in [-0.25, -0.2) is 4.68 Å². The molecule has 2 heterocycles. The van der Waals surface area contributed by atoms with E-state index in [1.807, 2.05) is 26.8 Å². The Morgan fingerprint density at radius 1 is 1.10 bits per heavy atom. The zero-order chi connectivity index (χ0) is 15.3. The fourth-order valence-electron chi connectivity index (χ4n) is 2.94. The highest BCUT2D eigenvalue weighted by Crippen LogP contribution is 2.35. The van der Waals surface area contributed by atoms with Crippen molar-refractivity contribution in [3.05, 3.63) is 51.1 Å². The monoisotopic (exact) mass is 282 g/mol. The Morgan fingerprint density at radius 2 is 1.81 bits per heavy atom. The van der Waals surface area contributed by atoms with Gasteiger partial charge in [0.25, 0.3) is 5.56 Å². The summed E-state index contributed by atoms with van der Waals surface area (Å²) in [7, 11) is 1.67. The molecule has 2 aromatic heterocycles. The first-order valence-corrected chi connectivity index (χ1v) is 6.94. The van der Waals surface area contributed by atoms with Gasteiger partial charge >= 0.3 is 0 Å². The van der Waals surface area contributed by atoms with E-state index in [-0.39, 0.29) is 5.56 Å². The quantitative estimate of drug-likeness (QED) is 0.687. The number of nitrogens with zero attached hydrogens (tertiary/aromatic N) is 2. The first-order valence-electron chi connectivity index (χ1n) is 6.94. The van der Waals surface area contributed by atoms with Gasteiger partial charge in [-0.3, -0.25) is 4.79 Å². The standard InChI is InChI=1S/C17H18N2O2/c1-9-6-10(2)16-13(7-9)15(12(4)21-16)14-8-11(3)18-19(5)17(14)20/h6-8H,1-5H3. The van der Waals surface area contributed by atoms with Crippen molar-refractivity contribution in [2.24, 2.45) is 7.05 Å². The number of hydrogen-bond acceptors (Lipinski definition) is 3. The molecule has 0 N–H and O–H groups in total. The van der Waals surface area contributed by atoms with Crippen LogP contribution in [0.25, 0.3) is 22.1 Å². The van der Waals surface area contributed by atoms with Crippen molar-refractivity contribution in [2.75, 3.05) is 0 Å². The molecule has 0 unspecified atom stereocenters. The molecule has 0 atom stereocenters. The van der Waals surface area contributed by atoms with Crippen LogP contribution in [0.3, 0.4) is 0 Å². The average Bonchev–Trinajstić information content (AvgIpc) is 2.71. The fourth-order valence-corrected chi connectivity index (χ4v) is 2.94. The minimum absolute atomic E-state index is 0.106. The number of aryl methyl sites for hydroxylation is 5. The predicted octanol–water partition coefficient (Wildman–Crippen LogP) is 3.43. The largest absolute Gasteiger partial charge is 0.460 e. The molecule has 4 nitrogen and oxygen atoms in total. The van der Waals surface area contributed by atoms with Gasteiger partial charge in [-0.2, -0.15) is 5.10 Å². The van der Waals surface area contributed by atoms with Crippen molar-refractivity contribution < 1.29 is 4.42 Å². The molecule has 3 aromatic rings. The van der Waals surface area contributed by atoms with E-state index in [1.54, 1.807) is 7.05 Å². The lowest BCUT2D eigenvalue weighted by molar-refractivity contribution is 0.577. The molecule has 0 radical (unpaired) electrons. The number of furan rings is 1. The molecule has 0 aliphatic rings. The molecule has 0 bridgehead atoms. The maximum absolute atomic E-state index is 12.4. The molecule has 0 saturated heterocycles. The minimum Gasteiger partial charge on any atom is -0.460 e. The van der Waals surface area contributed by atoms with Crippen LogP contribution in [0.5, 0.6) is 0 Å². The molecule has 0 fully saturated rings. The summed E-state index contributed by atoms with van der Waals surface area (Å²) in [6.45, 7) is 7.86. The van der Waals surface area contributed by atoms with Crippen molar-refractivity contribution >= 4 is 11.0 Å². The fraction of sp³-hybridized carbons (Fsp3) is 0.294. The Hall–Kier alpha value is -2.36. The van der Waals surface area contributed by atoms with Crippen LogP contribution in [0.15, 0.2) is 27.4 Å². The highest BCUT2D eigenvalue weighted by Gasteiger charge is 2.18. The third-order valence-corrected chi connectivity index (χ3v) is 3.75. The lowest BCUT2D eigenvalue weighted by atomic mass is 10.0. The van der Waals surface area contributed by atoms with Gasteiger partial charge in [0.1, 0.15) is 11.3 Å². The number of fused-ring (bicyclic) bond motifs is 1. The van der Waals surface area contributed by atoms with Crippen LogP contribution in [-0.2, 0) is 7.05 Å². The van der Waals surface area contributed by atoms with E-state index >= 15 is 0 Å². The van der Waals surface area contributed by atoms with Crippen molar-refractivity contribution in [1.82, 2.24) is 9.78 Å². The number of rotatable bonds is 1. The van der Waals surface area contributed by atoms with Gasteiger partial charge in [-0.1, -0.05) is 6.07 Å². The SMILES string of the molecule is Cc1cc(C)c2oc(C)c(-c3cc(C)nn(C)c3=O)c2c1. The molecular weight excluding hydrogens is 264 g/mol. The minimum atomic E-state index is -0.106. The Kier molecular flexibility index (Phi) is 2.97. The topological polar surface area (TPSA) is 48.0 Å². The Morgan fingerprint density at radius 3 is 2.52 bits per heavy atom. The van der Waals surface area contributed by atoms with Gasteiger partial charge in [0.15, 0.2) is 0 Å². The Balaban J connectivity index is 2.46. The Labute approximate surface area is 123 Å². The van der Waals surface area contributed by atoms with Crippen LogP contribution in [-0.4, -0.2) is 9.78 Å². The zero-order valence-corrected chi connectivity index (χ0v) is 12.9. The highest BCUT2D eigenvalue weighted by molar-refractivity contribution is 5.97. The van der Waals surface area contributed by atoms with Crippen LogP contribution in [0.2, 0.25) is 0 Å². The van der Waals surface area contributed by atoms with Crippen LogP contribution in [0.1, 0.15) is 22.6 Å². The molecule has 0 aliphatic heterocycles. The van der Waals surface area contributed by atoms with E-state index in [2.05, 4.69) is 24.2 Å². The molecule has 0 amide bonds. The van der Waals surface area contributed by atoms with Crippen molar-refractivity contribution in [1.29, 1.82) is 0 Å². The molecule has 4 heteroatoms. The zero-order valence-electron chi connectivity index (χ0n) is 12.9. The van der Waals surface area contributed by atoms with Gasteiger partial charge in [-0.15, -0.1) is 0 Å². The smallest absolute Gasteiger partial charge is 0.274 e. The van der Waals surface area contributed by atoms with E-state index in [4.69, 9.17) is 4.42 Å². The Bertz CT molecular complexity index is 917. The summed E-state index contributed by atoms with van der Waals surface area (Å²) in [5.41, 5.74) is 5.32. The molecule has 0 aliphatic carbocycles. The van der Waals surface area contributed by atoms with Gasteiger partial charge in [0.05, 0.1) is 11.3 Å². The van der Waals surface area contributed by atoms with Gasteiger partial charge in [0.2, 0.25) is 0 Å². The van der Waals surface area contributed by atoms with Gasteiger partial charge < -0.3 is 4.42 Å². The second kappa shape index (κ2) is 4.58. The molecule has 108 valence electrons. The third-order valence-electron chi connectivity index (χ3n) is 3.75. The van der Waals surface area contributed by atoms with E-state index < -0.39 is 0 Å². The normalized spacial score (nSPS) is 11.3. The number of hydrogen-bond donors (Lipinski definition) is 0. The van der Waals surface area contributed by atoms with Crippen molar-refractivity contribution in [2.45, 2.75) is 27.7 Å². The second-order valence-corrected chi connectivity index (χ2v) is 5.62. The van der Waals surface area contributed by atoms with E-state index in [0.29, 0.717) is 5.56 Å². The summed E-state index contributed by atoms with van der Waals surface area (Å²) in [5.74, 6) is 0.765. The molecule has 21 heavy (non-hydrogen) atoms. The summed E-state index contributed by atoms with van der Waals surface area (Å²) in [4.78, 5) is 12.4. The van der Waals surface area contributed by atoms with Gasteiger partial charge in [-0.05, 0) is 51.0 Å². The lowest BCUT2D eigenvalue weighted by Crippen LogP contribution is -2.22. The van der Waals surface area contributed by atoms with E-state index in [9.17, 15) is 4.79 Å².